The van der Waals surface area contributed by atoms with Crippen LogP contribution in [0.25, 0.3) is 0 Å². The number of rotatable bonds is 3. The van der Waals surface area contributed by atoms with Gasteiger partial charge in [-0.2, -0.15) is 0 Å². The van der Waals surface area contributed by atoms with Crippen molar-refractivity contribution in [2.45, 2.75) is 38.1 Å². The fraction of sp³-hybridized carbons (Fsp3) is 0.429. The Morgan fingerprint density at radius 1 is 0.955 bits per heavy atom. The van der Waals surface area contributed by atoms with Crippen LogP contribution < -0.4 is 0 Å². The Labute approximate surface area is 134 Å². The summed E-state index contributed by atoms with van der Waals surface area (Å²) >= 11 is 0. The second kappa shape index (κ2) is 5.89. The first-order valence-electron chi connectivity index (χ1n) is 8.78. The average molecular weight is 291 g/mol. The summed E-state index contributed by atoms with van der Waals surface area (Å²) in [5.74, 6) is 1.34. The summed E-state index contributed by atoms with van der Waals surface area (Å²) < 4.78 is 0. The Hall–Kier alpha value is -1.60. The Balaban J connectivity index is 1.80. The molecule has 3 atom stereocenters. The van der Waals surface area contributed by atoms with Crippen LogP contribution in [0.1, 0.15) is 54.8 Å². The second-order valence-corrected chi connectivity index (χ2v) is 6.80. The third-order valence-corrected chi connectivity index (χ3v) is 5.53. The molecule has 22 heavy (non-hydrogen) atoms. The van der Waals surface area contributed by atoms with Crippen molar-refractivity contribution in [1.29, 1.82) is 0 Å². The smallest absolute Gasteiger partial charge is 0.0388 e. The molecule has 1 aliphatic heterocycles. The maximum absolute atomic E-state index is 2.75. The van der Waals surface area contributed by atoms with Crippen LogP contribution in [0.3, 0.4) is 0 Å². The summed E-state index contributed by atoms with van der Waals surface area (Å²) in [4.78, 5) is 2.75. The maximum Gasteiger partial charge on any atom is 0.0388 e. The first-order chi connectivity index (χ1) is 10.9. The first kappa shape index (κ1) is 14.0. The fourth-order valence-electron chi connectivity index (χ4n) is 4.79. The number of piperidine rings is 1. The highest BCUT2D eigenvalue weighted by Gasteiger charge is 2.45. The Bertz CT molecular complexity index is 631. The molecule has 4 rings (SSSR count). The highest BCUT2D eigenvalue weighted by Crippen LogP contribution is 2.54. The van der Waals surface area contributed by atoms with Crippen molar-refractivity contribution in [2.75, 3.05) is 13.1 Å². The lowest BCUT2D eigenvalue weighted by atomic mass is 9.80. The Morgan fingerprint density at radius 3 is 2.45 bits per heavy atom. The SMILES string of the molecule is CCCN1CCC[C@H]2[C@@H](c3ccccc3)c3ccccc3[C@H]21. The molecule has 1 nitrogen and oxygen atoms in total. The van der Waals surface area contributed by atoms with Crippen LogP contribution in [0.5, 0.6) is 0 Å². The maximum atomic E-state index is 2.75. The summed E-state index contributed by atoms with van der Waals surface area (Å²) in [6.07, 6.45) is 3.96. The third-order valence-electron chi connectivity index (χ3n) is 5.53. The number of nitrogens with zero attached hydrogens (tertiary/aromatic N) is 1. The van der Waals surface area contributed by atoms with Crippen molar-refractivity contribution >= 4 is 0 Å². The molecule has 2 aromatic carbocycles. The molecule has 1 fully saturated rings. The monoisotopic (exact) mass is 291 g/mol. The van der Waals surface area contributed by atoms with Crippen molar-refractivity contribution in [3.8, 4) is 0 Å². The van der Waals surface area contributed by atoms with Crippen molar-refractivity contribution in [2.24, 2.45) is 5.92 Å². The molecule has 1 aliphatic carbocycles. The zero-order valence-electron chi connectivity index (χ0n) is 13.4. The van der Waals surface area contributed by atoms with E-state index in [2.05, 4.69) is 66.4 Å². The summed E-state index contributed by atoms with van der Waals surface area (Å²) in [5, 5.41) is 0. The summed E-state index contributed by atoms with van der Waals surface area (Å²) in [6.45, 7) is 4.81. The van der Waals surface area contributed by atoms with Crippen LogP contribution in [0.4, 0.5) is 0 Å². The van der Waals surface area contributed by atoms with Crippen LogP contribution in [0, 0.1) is 5.92 Å². The van der Waals surface area contributed by atoms with Crippen molar-refractivity contribution in [3.05, 3.63) is 71.3 Å². The van der Waals surface area contributed by atoms with Gasteiger partial charge in [-0.05, 0) is 55.0 Å². The first-order valence-corrected chi connectivity index (χ1v) is 8.78. The molecule has 1 saturated heterocycles. The van der Waals surface area contributed by atoms with Crippen LogP contribution in [-0.4, -0.2) is 18.0 Å². The van der Waals surface area contributed by atoms with Crippen LogP contribution in [-0.2, 0) is 0 Å². The normalized spacial score (nSPS) is 27.4. The quantitative estimate of drug-likeness (QED) is 0.769. The molecule has 1 heteroatoms. The molecule has 0 aromatic heterocycles. The molecule has 2 aliphatic rings. The molecule has 114 valence electrons. The topological polar surface area (TPSA) is 3.24 Å². The second-order valence-electron chi connectivity index (χ2n) is 6.80. The largest absolute Gasteiger partial charge is 0.296 e. The molecular formula is C21H25N. The number of likely N-dealkylation sites (tertiary alicyclic amines) is 1. The minimum atomic E-state index is 0.585. The lowest BCUT2D eigenvalue weighted by Crippen LogP contribution is -2.38. The van der Waals surface area contributed by atoms with E-state index >= 15 is 0 Å². The molecule has 0 saturated carbocycles. The zero-order chi connectivity index (χ0) is 14.9. The van der Waals surface area contributed by atoms with Gasteiger partial charge in [0.1, 0.15) is 0 Å². The molecule has 0 radical (unpaired) electrons. The van der Waals surface area contributed by atoms with Gasteiger partial charge < -0.3 is 0 Å². The predicted octanol–water partition coefficient (Wildman–Crippen LogP) is 5.00. The van der Waals surface area contributed by atoms with Gasteiger partial charge in [-0.3, -0.25) is 4.90 Å². The zero-order valence-corrected chi connectivity index (χ0v) is 13.4. The van der Waals surface area contributed by atoms with E-state index in [9.17, 15) is 0 Å². The highest BCUT2D eigenvalue weighted by molar-refractivity contribution is 5.46. The van der Waals surface area contributed by atoms with Crippen LogP contribution in [0.2, 0.25) is 0 Å². The van der Waals surface area contributed by atoms with E-state index in [0.717, 1.165) is 5.92 Å². The number of benzene rings is 2. The van der Waals surface area contributed by atoms with Crippen molar-refractivity contribution < 1.29 is 0 Å². The summed E-state index contributed by atoms with van der Waals surface area (Å²) in [6, 6.07) is 21.0. The number of hydrogen-bond donors (Lipinski definition) is 0. The molecule has 0 unspecified atom stereocenters. The van der Waals surface area contributed by atoms with E-state index in [1.165, 1.54) is 37.9 Å². The Kier molecular flexibility index (Phi) is 3.75. The van der Waals surface area contributed by atoms with Gasteiger partial charge in [0.15, 0.2) is 0 Å². The summed E-state index contributed by atoms with van der Waals surface area (Å²) in [7, 11) is 0. The van der Waals surface area contributed by atoms with Crippen molar-refractivity contribution in [1.82, 2.24) is 4.90 Å². The number of hydrogen-bond acceptors (Lipinski definition) is 1. The van der Waals surface area contributed by atoms with E-state index < -0.39 is 0 Å². The molecule has 0 spiro atoms. The average Bonchev–Trinajstić information content (AvgIpc) is 2.91. The minimum Gasteiger partial charge on any atom is -0.296 e. The van der Waals surface area contributed by atoms with Gasteiger partial charge in [0, 0.05) is 12.0 Å². The van der Waals surface area contributed by atoms with Crippen molar-refractivity contribution in [3.63, 3.8) is 0 Å². The van der Waals surface area contributed by atoms with Gasteiger partial charge >= 0.3 is 0 Å². The van der Waals surface area contributed by atoms with Gasteiger partial charge in [-0.1, -0.05) is 61.5 Å². The van der Waals surface area contributed by atoms with E-state index in [4.69, 9.17) is 0 Å². The molecule has 2 aromatic rings. The van der Waals surface area contributed by atoms with Gasteiger partial charge in [0.05, 0.1) is 0 Å². The number of fused-ring (bicyclic) bond motifs is 3. The highest BCUT2D eigenvalue weighted by atomic mass is 15.2. The lowest BCUT2D eigenvalue weighted by molar-refractivity contribution is 0.0978. The van der Waals surface area contributed by atoms with E-state index in [0.29, 0.717) is 12.0 Å². The van der Waals surface area contributed by atoms with E-state index in [1.807, 2.05) is 0 Å². The van der Waals surface area contributed by atoms with Gasteiger partial charge in [-0.25, -0.2) is 0 Å². The molecule has 0 N–H and O–H groups in total. The van der Waals surface area contributed by atoms with E-state index in [1.54, 1.807) is 11.1 Å². The van der Waals surface area contributed by atoms with Crippen LogP contribution in [0.15, 0.2) is 54.6 Å². The molecule has 1 heterocycles. The molecule has 0 bridgehead atoms. The summed E-state index contributed by atoms with van der Waals surface area (Å²) in [5.41, 5.74) is 4.67. The fourth-order valence-corrected chi connectivity index (χ4v) is 4.79. The van der Waals surface area contributed by atoms with Gasteiger partial charge in [-0.15, -0.1) is 0 Å². The van der Waals surface area contributed by atoms with E-state index in [-0.39, 0.29) is 0 Å². The lowest BCUT2D eigenvalue weighted by Gasteiger charge is -2.39. The van der Waals surface area contributed by atoms with Crippen LogP contribution >= 0.6 is 0 Å². The minimum absolute atomic E-state index is 0.585. The van der Waals surface area contributed by atoms with Gasteiger partial charge in [0.2, 0.25) is 0 Å². The predicted molar refractivity (Wildman–Crippen MR) is 92.1 cm³/mol. The molecule has 0 amide bonds. The third kappa shape index (κ3) is 2.19. The standard InChI is InChI=1S/C21H25N/c1-2-14-22-15-8-13-19-20(16-9-4-3-5-10-16)17-11-6-7-12-18(17)21(19)22/h3-7,9-12,19-21H,2,8,13-15H2,1H3/t19-,20-,21+/m0/s1. The van der Waals surface area contributed by atoms with Gasteiger partial charge in [0.25, 0.3) is 0 Å². The molecular weight excluding hydrogens is 266 g/mol. The Morgan fingerprint density at radius 2 is 1.68 bits per heavy atom.